The van der Waals surface area contributed by atoms with Crippen LogP contribution in [0.15, 0.2) is 23.4 Å². The van der Waals surface area contributed by atoms with Crippen LogP contribution in [0.1, 0.15) is 40.0 Å². The van der Waals surface area contributed by atoms with Gasteiger partial charge in [-0.15, -0.1) is 18.2 Å². The van der Waals surface area contributed by atoms with Crippen molar-refractivity contribution in [3.8, 4) is 0 Å². The molecular formula is C14H19Lr2NO-2. The quantitative estimate of drug-likeness (QED) is 0.388. The summed E-state index contributed by atoms with van der Waals surface area (Å²) >= 11 is 0. The molecule has 1 aliphatic heterocycles. The van der Waals surface area contributed by atoms with E-state index in [9.17, 15) is 4.79 Å². The summed E-state index contributed by atoms with van der Waals surface area (Å²) in [6.45, 7) is 6.34. The van der Waals surface area contributed by atoms with Crippen molar-refractivity contribution in [2.75, 3.05) is 0 Å². The van der Waals surface area contributed by atoms with E-state index in [4.69, 9.17) is 0 Å². The van der Waals surface area contributed by atoms with E-state index in [2.05, 4.69) is 37.7 Å². The van der Waals surface area contributed by atoms with Crippen molar-refractivity contribution in [3.63, 3.8) is 0 Å². The first-order chi connectivity index (χ1) is 7.48. The van der Waals surface area contributed by atoms with Crippen LogP contribution in [0, 0.1) is 17.9 Å². The van der Waals surface area contributed by atoms with E-state index in [1.165, 1.54) is 0 Å². The van der Waals surface area contributed by atoms with Gasteiger partial charge in [-0.2, -0.15) is 12.5 Å². The fourth-order valence-electron chi connectivity index (χ4n) is 2.09. The van der Waals surface area contributed by atoms with Crippen LogP contribution < -0.4 is 5.32 Å². The summed E-state index contributed by atoms with van der Waals surface area (Å²) in [6.07, 6.45) is 9.31. The Bertz CT molecular complexity index is 372. The molecule has 2 aliphatic rings. The molecule has 0 aromatic carbocycles. The van der Waals surface area contributed by atoms with Gasteiger partial charge in [-0.1, -0.05) is 26.3 Å². The molecule has 0 saturated heterocycles. The van der Waals surface area contributed by atoms with Gasteiger partial charge in [0.15, 0.2) is 0 Å². The minimum Gasteiger partial charge on any atom is -0.588 e. The maximum absolute atomic E-state index is 11.6. The smallest absolute Gasteiger partial charge is 0.0189 e. The minimum atomic E-state index is 0. The van der Waals surface area contributed by atoms with E-state index in [1.54, 1.807) is 0 Å². The molecule has 1 aliphatic carbocycles. The Morgan fingerprint density at radius 1 is 1.39 bits per heavy atom. The van der Waals surface area contributed by atoms with Gasteiger partial charge in [0.1, 0.15) is 0 Å². The zero-order valence-corrected chi connectivity index (χ0v) is 15.1. The molecule has 1 heterocycles. The first-order valence-corrected chi connectivity index (χ1v) is 5.87. The van der Waals surface area contributed by atoms with Crippen molar-refractivity contribution in [1.82, 2.24) is 5.32 Å². The molecule has 2 rings (SSSR count). The largest absolute Gasteiger partial charge is 0.588 e. The van der Waals surface area contributed by atoms with Crippen LogP contribution in [0.3, 0.4) is 0 Å². The summed E-state index contributed by atoms with van der Waals surface area (Å²) in [5.74, 6) is 0.211. The Labute approximate surface area is 97.8 Å². The van der Waals surface area contributed by atoms with Gasteiger partial charge >= 0.3 is 0 Å². The zero-order valence-electron chi connectivity index (χ0n) is 10.8. The number of nitrogens with one attached hydrogen (secondary N) is 1. The van der Waals surface area contributed by atoms with Gasteiger partial charge in [-0.05, 0) is 11.8 Å². The van der Waals surface area contributed by atoms with Gasteiger partial charge < -0.3 is 10.1 Å². The van der Waals surface area contributed by atoms with Gasteiger partial charge in [0.25, 0.3) is 0 Å². The molecule has 2 radical (unpaired) electrons. The van der Waals surface area contributed by atoms with Crippen molar-refractivity contribution in [3.05, 3.63) is 35.9 Å². The SMILES string of the molecule is C[C-]1NC2=C([CH-]CCC(C)(C)/C=C\2)CC1=O.[Lr].[Lr]. The molecule has 1 N–H and O–H groups in total. The molecule has 0 aromatic rings. The summed E-state index contributed by atoms with van der Waals surface area (Å²) in [6, 6.07) is 0.759. The van der Waals surface area contributed by atoms with Crippen molar-refractivity contribution >= 4 is 5.78 Å². The van der Waals surface area contributed by atoms with Crippen molar-refractivity contribution in [2.45, 2.75) is 40.0 Å². The minimum absolute atomic E-state index is 0. The first kappa shape index (κ1) is 14.7. The maximum atomic E-state index is 11.6. The van der Waals surface area contributed by atoms with Crippen LogP contribution in [-0.4, -0.2) is 5.78 Å². The third kappa shape index (κ3) is 2.63. The van der Waals surface area contributed by atoms with E-state index in [-0.39, 0.29) is 11.2 Å². The number of allylic oxidation sites excluding steroid dienone is 3. The third-order valence-corrected chi connectivity index (χ3v) is 3.32. The molecule has 0 amide bonds. The molecule has 0 saturated carbocycles. The van der Waals surface area contributed by atoms with Crippen LogP contribution in [0.5, 0.6) is 0 Å². The second-order valence-electron chi connectivity index (χ2n) is 5.35. The molecule has 18 heavy (non-hydrogen) atoms. The molecule has 0 fully saturated rings. The summed E-state index contributed by atoms with van der Waals surface area (Å²) in [7, 11) is 0. The number of rotatable bonds is 0. The van der Waals surface area contributed by atoms with Gasteiger partial charge in [-0.3, -0.25) is 6.04 Å². The molecule has 0 bridgehead atoms. The fourth-order valence-corrected chi connectivity index (χ4v) is 2.09. The molecule has 0 aromatic heterocycles. The standard InChI is InChI=1S/C14H19NO.2Lr/c1-10-13(16)9-11-5-4-7-14(2,3)8-6-12(11)15-10;;/h5-6,8,15H,4,7,9H2,1-3H3;;/q-2;;/b8-6-;;. The first-order valence-electron chi connectivity index (χ1n) is 5.87. The van der Waals surface area contributed by atoms with E-state index in [0.717, 1.165) is 30.2 Å². The fraction of sp³-hybridized carbons (Fsp3) is 0.500. The predicted octanol–water partition coefficient (Wildman–Crippen LogP) is 2.94. The molecular weight excluding hydrogens is 722 g/mol. The summed E-state index contributed by atoms with van der Waals surface area (Å²) in [5.41, 5.74) is 2.50. The van der Waals surface area contributed by atoms with Crippen LogP contribution in [0.2, 0.25) is 0 Å². The van der Waals surface area contributed by atoms with Gasteiger partial charge in [-0.25, -0.2) is 6.42 Å². The Morgan fingerprint density at radius 3 is 2.72 bits per heavy atom. The molecule has 4 heteroatoms. The number of hydrogen-bond acceptors (Lipinski definition) is 2. The molecule has 118 valence electrons. The monoisotopic (exact) mass is 741 g/mol. The zero-order chi connectivity index (χ0) is 11.8. The summed E-state index contributed by atoms with van der Waals surface area (Å²) in [5, 5.41) is 3.20. The normalized spacial score (nSPS) is 23.3. The second kappa shape index (κ2) is 4.69. The van der Waals surface area contributed by atoms with Crippen LogP contribution >= 0.6 is 0 Å². The molecule has 0 unspecified atom stereocenters. The Morgan fingerprint density at radius 2 is 2.06 bits per heavy atom. The Balaban J connectivity index is 0.00000144. The van der Waals surface area contributed by atoms with Gasteiger partial charge in [0.2, 0.25) is 0 Å². The van der Waals surface area contributed by atoms with E-state index < -0.39 is 0 Å². The van der Waals surface area contributed by atoms with Crippen molar-refractivity contribution < 1.29 is 4.79 Å². The number of ketones is 1. The Kier molecular flexibility index (Phi) is 3.82. The van der Waals surface area contributed by atoms with E-state index >= 15 is 0 Å². The van der Waals surface area contributed by atoms with Crippen LogP contribution in [0.4, 0.5) is 0 Å². The molecule has 0 spiro atoms. The molecule has 0 atom stereocenters. The van der Waals surface area contributed by atoms with Gasteiger partial charge in [0.05, 0.1) is 0 Å². The average Bonchev–Trinajstić information content (AvgIpc) is 2.19. The third-order valence-electron chi connectivity index (χ3n) is 3.32. The topological polar surface area (TPSA) is 29.1 Å². The predicted molar refractivity (Wildman–Crippen MR) is 65.2 cm³/mol. The van der Waals surface area contributed by atoms with E-state index in [0.29, 0.717) is 6.42 Å². The number of hydrogen-bond donors (Lipinski definition) is 1. The Hall–Kier alpha value is -3.31. The average molecular weight is 741 g/mol. The maximum Gasteiger partial charge on any atom is 0.0189 e. The van der Waals surface area contributed by atoms with Crippen LogP contribution in [-0.2, 0) is 4.79 Å². The molecule has 2 nitrogen and oxygen atoms in total. The van der Waals surface area contributed by atoms with Crippen molar-refractivity contribution in [1.29, 1.82) is 0 Å². The number of carbonyl (C=O) groups is 1. The van der Waals surface area contributed by atoms with Gasteiger partial charge in [0, 0.05) is 5.78 Å². The second-order valence-corrected chi connectivity index (χ2v) is 5.35. The van der Waals surface area contributed by atoms with Crippen molar-refractivity contribution in [2.24, 2.45) is 5.41 Å². The number of carbonyl (C=O) groups excluding carboxylic acids is 1. The van der Waals surface area contributed by atoms with E-state index in [1.807, 2.05) is 6.92 Å². The number of Topliss-reactive ketones (excluding diaryl/α,β-unsaturated/α-hetero) is 1. The summed E-state index contributed by atoms with van der Waals surface area (Å²) in [4.78, 5) is 11.6. The van der Waals surface area contributed by atoms with Crippen LogP contribution in [0.25, 0.3) is 0 Å². The summed E-state index contributed by atoms with van der Waals surface area (Å²) < 4.78 is 0.